The highest BCUT2D eigenvalue weighted by Gasteiger charge is 2.40. The molecule has 1 fully saturated rings. The first-order valence-corrected chi connectivity index (χ1v) is 11.1. The summed E-state index contributed by atoms with van der Waals surface area (Å²) in [6.45, 7) is 9.93. The van der Waals surface area contributed by atoms with Gasteiger partial charge in [0.15, 0.2) is 11.5 Å². The van der Waals surface area contributed by atoms with Crippen LogP contribution in [-0.2, 0) is 0 Å². The Hall–Kier alpha value is -2.37. The van der Waals surface area contributed by atoms with Crippen molar-refractivity contribution in [2.75, 3.05) is 26.2 Å². The topological polar surface area (TPSA) is 57.1 Å². The minimum absolute atomic E-state index is 0.00705. The first-order chi connectivity index (χ1) is 14.5. The Morgan fingerprint density at radius 3 is 2.53 bits per heavy atom. The molecule has 0 aromatic heterocycles. The lowest BCUT2D eigenvalue weighted by molar-refractivity contribution is 0.129. The lowest BCUT2D eigenvalue weighted by Gasteiger charge is -2.45. The summed E-state index contributed by atoms with van der Waals surface area (Å²) >= 11 is 0. The number of phenolic OH excluding ortho intramolecular Hbond substituents is 1. The van der Waals surface area contributed by atoms with E-state index in [1.165, 1.54) is 11.1 Å². The fourth-order valence-electron chi connectivity index (χ4n) is 4.61. The van der Waals surface area contributed by atoms with Crippen LogP contribution < -0.4 is 10.1 Å². The number of ether oxygens (including phenoxy) is 1. The number of piperidine rings is 1. The van der Waals surface area contributed by atoms with Crippen molar-refractivity contribution in [3.8, 4) is 11.5 Å². The van der Waals surface area contributed by atoms with Gasteiger partial charge in [0.1, 0.15) is 5.66 Å². The number of aliphatic imine (C=N–C) groups is 1. The molecule has 0 radical (unpaired) electrons. The Bertz CT molecular complexity index is 899. The number of aromatic hydroxyl groups is 1. The molecule has 5 nitrogen and oxygen atoms in total. The largest absolute Gasteiger partial charge is 0.504 e. The van der Waals surface area contributed by atoms with Crippen molar-refractivity contribution in [3.05, 3.63) is 59.2 Å². The van der Waals surface area contributed by atoms with Crippen LogP contribution >= 0.6 is 0 Å². The van der Waals surface area contributed by atoms with Gasteiger partial charge in [0, 0.05) is 36.8 Å². The van der Waals surface area contributed by atoms with E-state index >= 15 is 0 Å². The van der Waals surface area contributed by atoms with Crippen LogP contribution in [0.5, 0.6) is 11.5 Å². The molecule has 0 bridgehead atoms. The lowest BCUT2D eigenvalue weighted by Crippen LogP contribution is -2.56. The average molecular weight is 408 g/mol. The third-order valence-corrected chi connectivity index (χ3v) is 6.41. The van der Waals surface area contributed by atoms with Crippen molar-refractivity contribution in [2.24, 2.45) is 4.99 Å². The Labute approximate surface area is 179 Å². The standard InChI is InChI=1S/C25H33N3O2/c1-4-28-15-13-25(14-16-28)26-21(19-11-9-18(3)10-12-19)17-22(27-25)20-7-6-8-23(24(20)29)30-5-2/h6-12,22,27,29H,4-5,13-17H2,1-3H3/t22-/m1/s1. The van der Waals surface area contributed by atoms with Crippen molar-refractivity contribution in [3.63, 3.8) is 0 Å². The predicted molar refractivity (Wildman–Crippen MR) is 122 cm³/mol. The summed E-state index contributed by atoms with van der Waals surface area (Å²) in [5.74, 6) is 0.786. The number of nitrogens with zero attached hydrogens (tertiary/aromatic N) is 2. The lowest BCUT2D eigenvalue weighted by atomic mass is 9.87. The number of hydrogen-bond acceptors (Lipinski definition) is 5. The zero-order chi connectivity index (χ0) is 21.1. The van der Waals surface area contributed by atoms with Gasteiger partial charge >= 0.3 is 0 Å². The van der Waals surface area contributed by atoms with Crippen LogP contribution in [0.3, 0.4) is 0 Å². The normalized spacial score (nSPS) is 21.4. The van der Waals surface area contributed by atoms with E-state index in [1.54, 1.807) is 0 Å². The van der Waals surface area contributed by atoms with Gasteiger partial charge in [-0.2, -0.15) is 0 Å². The van der Waals surface area contributed by atoms with Crippen molar-refractivity contribution < 1.29 is 9.84 Å². The summed E-state index contributed by atoms with van der Waals surface area (Å²) in [5, 5.41) is 14.7. The van der Waals surface area contributed by atoms with Gasteiger partial charge in [0.25, 0.3) is 0 Å². The van der Waals surface area contributed by atoms with Gasteiger partial charge in [-0.25, -0.2) is 0 Å². The summed E-state index contributed by atoms with van der Waals surface area (Å²) in [4.78, 5) is 7.75. The Balaban J connectivity index is 1.71. The van der Waals surface area contributed by atoms with Crippen LogP contribution in [0.4, 0.5) is 0 Å². The minimum atomic E-state index is -0.289. The molecule has 1 saturated heterocycles. The van der Waals surface area contributed by atoms with E-state index in [4.69, 9.17) is 9.73 Å². The molecule has 2 aromatic rings. The Morgan fingerprint density at radius 1 is 1.13 bits per heavy atom. The van der Waals surface area contributed by atoms with Crippen molar-refractivity contribution in [2.45, 2.75) is 51.7 Å². The highest BCUT2D eigenvalue weighted by molar-refractivity contribution is 6.01. The number of benzene rings is 2. The van der Waals surface area contributed by atoms with Gasteiger partial charge in [0.2, 0.25) is 0 Å². The Morgan fingerprint density at radius 2 is 1.87 bits per heavy atom. The molecule has 2 aliphatic heterocycles. The van der Waals surface area contributed by atoms with Crippen LogP contribution in [0.25, 0.3) is 0 Å². The second-order valence-electron chi connectivity index (χ2n) is 8.42. The molecule has 2 heterocycles. The molecule has 1 spiro atoms. The number of hydrogen-bond donors (Lipinski definition) is 2. The second kappa shape index (κ2) is 8.78. The highest BCUT2D eigenvalue weighted by Crippen LogP contribution is 2.40. The zero-order valence-corrected chi connectivity index (χ0v) is 18.3. The predicted octanol–water partition coefficient (Wildman–Crippen LogP) is 4.44. The van der Waals surface area contributed by atoms with E-state index in [2.05, 4.69) is 48.3 Å². The number of aryl methyl sites for hydroxylation is 1. The van der Waals surface area contributed by atoms with Crippen LogP contribution in [0.15, 0.2) is 47.5 Å². The Kier molecular flexibility index (Phi) is 6.11. The van der Waals surface area contributed by atoms with E-state index in [-0.39, 0.29) is 17.5 Å². The van der Waals surface area contributed by atoms with E-state index < -0.39 is 0 Å². The fraction of sp³-hybridized carbons (Fsp3) is 0.480. The summed E-state index contributed by atoms with van der Waals surface area (Å²) in [6, 6.07) is 14.4. The van der Waals surface area contributed by atoms with Gasteiger partial charge in [0.05, 0.1) is 6.61 Å². The number of nitrogens with one attached hydrogen (secondary N) is 1. The maximum atomic E-state index is 10.9. The third-order valence-electron chi connectivity index (χ3n) is 6.41. The van der Waals surface area contributed by atoms with Crippen LogP contribution in [0.2, 0.25) is 0 Å². The summed E-state index contributed by atoms with van der Waals surface area (Å²) in [5.41, 5.74) is 4.13. The van der Waals surface area contributed by atoms with E-state index in [9.17, 15) is 5.11 Å². The minimum Gasteiger partial charge on any atom is -0.504 e. The first-order valence-electron chi connectivity index (χ1n) is 11.1. The maximum Gasteiger partial charge on any atom is 0.162 e. The van der Waals surface area contributed by atoms with Gasteiger partial charge < -0.3 is 14.7 Å². The molecule has 4 rings (SSSR count). The molecule has 0 saturated carbocycles. The SMILES string of the molecule is CCOc1cccc([C@H]2CC(c3ccc(C)cc3)=NC3(CCN(CC)CC3)N2)c1O. The maximum absolute atomic E-state index is 10.9. The monoisotopic (exact) mass is 407 g/mol. The molecule has 1 atom stereocenters. The van der Waals surface area contributed by atoms with Gasteiger partial charge in [-0.05, 0) is 44.9 Å². The number of likely N-dealkylation sites (tertiary alicyclic amines) is 1. The quantitative estimate of drug-likeness (QED) is 0.770. The molecule has 2 aliphatic rings. The molecular weight excluding hydrogens is 374 g/mol. The summed E-state index contributed by atoms with van der Waals surface area (Å²) in [7, 11) is 0. The smallest absolute Gasteiger partial charge is 0.162 e. The molecule has 160 valence electrons. The van der Waals surface area contributed by atoms with Gasteiger partial charge in [-0.3, -0.25) is 10.3 Å². The third kappa shape index (κ3) is 4.23. The van der Waals surface area contributed by atoms with Crippen LogP contribution in [0.1, 0.15) is 55.8 Å². The number of phenols is 1. The molecule has 0 amide bonds. The van der Waals surface area contributed by atoms with Gasteiger partial charge in [-0.15, -0.1) is 0 Å². The van der Waals surface area contributed by atoms with E-state index in [1.807, 2.05) is 25.1 Å². The molecular formula is C25H33N3O2. The second-order valence-corrected chi connectivity index (χ2v) is 8.42. The van der Waals surface area contributed by atoms with Crippen LogP contribution in [0, 0.1) is 6.92 Å². The first kappa shape index (κ1) is 20.9. The number of para-hydroxylation sites is 1. The van der Waals surface area contributed by atoms with Crippen molar-refractivity contribution in [1.29, 1.82) is 0 Å². The summed E-state index contributed by atoms with van der Waals surface area (Å²) in [6.07, 6.45) is 2.68. The van der Waals surface area contributed by atoms with Crippen molar-refractivity contribution >= 4 is 5.71 Å². The van der Waals surface area contributed by atoms with Crippen molar-refractivity contribution in [1.82, 2.24) is 10.2 Å². The summed E-state index contributed by atoms with van der Waals surface area (Å²) < 4.78 is 5.64. The van der Waals surface area contributed by atoms with Gasteiger partial charge in [-0.1, -0.05) is 48.9 Å². The van der Waals surface area contributed by atoms with Crippen LogP contribution in [-0.4, -0.2) is 47.6 Å². The fourth-order valence-corrected chi connectivity index (χ4v) is 4.61. The number of rotatable bonds is 5. The molecule has 0 aliphatic carbocycles. The molecule has 5 heteroatoms. The molecule has 2 aromatic carbocycles. The van der Waals surface area contributed by atoms with E-state index in [0.29, 0.717) is 12.4 Å². The molecule has 2 N–H and O–H groups in total. The zero-order valence-electron chi connectivity index (χ0n) is 18.3. The average Bonchev–Trinajstić information content (AvgIpc) is 2.76. The highest BCUT2D eigenvalue weighted by atomic mass is 16.5. The van der Waals surface area contributed by atoms with E-state index in [0.717, 1.165) is 50.2 Å². The molecule has 30 heavy (non-hydrogen) atoms. The molecule has 0 unspecified atom stereocenters.